The fourth-order valence-electron chi connectivity index (χ4n) is 2.95. The molecule has 0 heterocycles. The molecule has 0 spiro atoms. The van der Waals surface area contributed by atoms with Crippen LogP contribution in [0, 0.1) is 17.2 Å². The minimum absolute atomic E-state index is 0.0785. The summed E-state index contributed by atoms with van der Waals surface area (Å²) in [5, 5.41) is 21.0. The van der Waals surface area contributed by atoms with E-state index in [4.69, 9.17) is 5.26 Å². The van der Waals surface area contributed by atoms with Crippen molar-refractivity contribution in [3.8, 4) is 6.07 Å². The van der Waals surface area contributed by atoms with Crippen molar-refractivity contribution in [2.45, 2.75) is 64.5 Å². The average molecular weight is 295 g/mol. The van der Waals surface area contributed by atoms with Gasteiger partial charge in [0.2, 0.25) is 0 Å². The Bertz CT molecular complexity index is 430. The van der Waals surface area contributed by atoms with Gasteiger partial charge in [-0.05, 0) is 32.6 Å². The molecule has 0 aromatic carbocycles. The van der Waals surface area contributed by atoms with Crippen LogP contribution in [0.25, 0.3) is 0 Å². The maximum Gasteiger partial charge on any atom is 0.329 e. The second-order valence-electron chi connectivity index (χ2n) is 6.21. The summed E-state index contributed by atoms with van der Waals surface area (Å²) in [5.74, 6) is -0.687. The Morgan fingerprint density at radius 3 is 2.67 bits per heavy atom. The summed E-state index contributed by atoms with van der Waals surface area (Å²) >= 11 is 0. The van der Waals surface area contributed by atoms with Crippen LogP contribution < -0.4 is 5.32 Å². The Kier molecular flexibility index (Phi) is 6.01. The lowest BCUT2D eigenvalue weighted by atomic mass is 9.76. The number of nitrogens with one attached hydrogen (secondary N) is 1. The Hall–Kier alpha value is -1.77. The summed E-state index contributed by atoms with van der Waals surface area (Å²) < 4.78 is 0. The smallest absolute Gasteiger partial charge is 0.329 e. The largest absolute Gasteiger partial charge is 0.480 e. The second-order valence-corrected chi connectivity index (χ2v) is 6.21. The number of rotatable bonds is 5. The third-order valence-electron chi connectivity index (χ3n) is 4.10. The predicted octanol–water partition coefficient (Wildman–Crippen LogP) is 2.35. The lowest BCUT2D eigenvalue weighted by molar-refractivity contribution is -0.146. The number of hydrogen-bond acceptors (Lipinski definition) is 3. The van der Waals surface area contributed by atoms with Crippen molar-refractivity contribution < 1.29 is 14.7 Å². The van der Waals surface area contributed by atoms with Crippen molar-refractivity contribution in [1.29, 1.82) is 5.26 Å². The number of urea groups is 1. The molecule has 21 heavy (non-hydrogen) atoms. The summed E-state index contributed by atoms with van der Waals surface area (Å²) in [5.41, 5.74) is -1.17. The molecule has 6 nitrogen and oxygen atoms in total. The molecule has 2 atom stereocenters. The van der Waals surface area contributed by atoms with E-state index in [9.17, 15) is 14.7 Å². The number of nitrogens with zero attached hydrogens (tertiary/aromatic N) is 2. The summed E-state index contributed by atoms with van der Waals surface area (Å²) in [7, 11) is 0. The molecule has 0 aromatic heterocycles. The molecule has 1 aliphatic carbocycles. The van der Waals surface area contributed by atoms with Gasteiger partial charge in [-0.25, -0.2) is 9.59 Å². The van der Waals surface area contributed by atoms with E-state index >= 15 is 0 Å². The van der Waals surface area contributed by atoms with Crippen molar-refractivity contribution in [2.75, 3.05) is 6.54 Å². The van der Waals surface area contributed by atoms with E-state index in [-0.39, 0.29) is 18.4 Å². The SMILES string of the molecule is CC1CCCC(NC(=O)N(CCC#N)C(C)C)(C(=O)O)C1. The molecule has 0 aromatic rings. The van der Waals surface area contributed by atoms with E-state index in [0.29, 0.717) is 19.4 Å². The first-order valence-electron chi connectivity index (χ1n) is 7.51. The van der Waals surface area contributed by atoms with Gasteiger partial charge in [-0.15, -0.1) is 0 Å². The van der Waals surface area contributed by atoms with Crippen LogP contribution in [0.1, 0.15) is 52.9 Å². The number of aliphatic carboxylic acids is 1. The van der Waals surface area contributed by atoms with Crippen LogP contribution in [0.5, 0.6) is 0 Å². The zero-order valence-electron chi connectivity index (χ0n) is 13.1. The molecule has 0 bridgehead atoms. The molecule has 6 heteroatoms. The van der Waals surface area contributed by atoms with E-state index in [0.717, 1.165) is 12.8 Å². The van der Waals surface area contributed by atoms with Gasteiger partial charge < -0.3 is 15.3 Å². The fourth-order valence-corrected chi connectivity index (χ4v) is 2.95. The van der Waals surface area contributed by atoms with Crippen LogP contribution in [0.15, 0.2) is 0 Å². The highest BCUT2D eigenvalue weighted by Gasteiger charge is 2.44. The normalized spacial score (nSPS) is 25.2. The lowest BCUT2D eigenvalue weighted by Crippen LogP contribution is -2.60. The van der Waals surface area contributed by atoms with E-state index in [1.807, 2.05) is 26.8 Å². The predicted molar refractivity (Wildman–Crippen MR) is 78.6 cm³/mol. The summed E-state index contributed by atoms with van der Waals surface area (Å²) in [6.07, 6.45) is 2.95. The first-order chi connectivity index (χ1) is 9.82. The molecule has 0 radical (unpaired) electrons. The first-order valence-corrected chi connectivity index (χ1v) is 7.51. The molecular weight excluding hydrogens is 270 g/mol. The Morgan fingerprint density at radius 2 is 2.19 bits per heavy atom. The van der Waals surface area contributed by atoms with Gasteiger partial charge in [0.25, 0.3) is 0 Å². The number of amides is 2. The maximum absolute atomic E-state index is 12.4. The molecular formula is C15H25N3O3. The Balaban J connectivity index is 2.84. The number of carbonyl (C=O) groups excluding carboxylic acids is 1. The maximum atomic E-state index is 12.4. The minimum atomic E-state index is -1.17. The molecule has 1 rings (SSSR count). The van der Waals surface area contributed by atoms with Crippen LogP contribution in [-0.4, -0.2) is 40.1 Å². The van der Waals surface area contributed by atoms with Gasteiger partial charge in [-0.3, -0.25) is 0 Å². The van der Waals surface area contributed by atoms with E-state index < -0.39 is 17.5 Å². The third-order valence-corrected chi connectivity index (χ3v) is 4.10. The van der Waals surface area contributed by atoms with Crippen molar-refractivity contribution in [3.63, 3.8) is 0 Å². The highest BCUT2D eigenvalue weighted by molar-refractivity contribution is 5.86. The van der Waals surface area contributed by atoms with Gasteiger partial charge in [0.05, 0.1) is 12.5 Å². The van der Waals surface area contributed by atoms with Crippen LogP contribution in [0.3, 0.4) is 0 Å². The number of carbonyl (C=O) groups is 2. The highest BCUT2D eigenvalue weighted by atomic mass is 16.4. The van der Waals surface area contributed by atoms with Crippen molar-refractivity contribution in [3.05, 3.63) is 0 Å². The van der Waals surface area contributed by atoms with Gasteiger partial charge in [0.15, 0.2) is 0 Å². The summed E-state index contributed by atoms with van der Waals surface area (Å²) in [4.78, 5) is 25.6. The molecule has 2 N–H and O–H groups in total. The average Bonchev–Trinajstić information content (AvgIpc) is 2.38. The number of carboxylic acid groups (broad SMARTS) is 1. The molecule has 1 saturated carbocycles. The molecule has 0 aliphatic heterocycles. The van der Waals surface area contributed by atoms with Crippen LogP contribution in [0.4, 0.5) is 4.79 Å². The lowest BCUT2D eigenvalue weighted by Gasteiger charge is -2.39. The Labute approximate surface area is 126 Å². The number of nitriles is 1. The summed E-state index contributed by atoms with van der Waals surface area (Å²) in [6.45, 7) is 6.03. The van der Waals surface area contributed by atoms with E-state index in [2.05, 4.69) is 5.32 Å². The van der Waals surface area contributed by atoms with Gasteiger partial charge in [0.1, 0.15) is 5.54 Å². The molecule has 1 aliphatic rings. The monoisotopic (exact) mass is 295 g/mol. The van der Waals surface area contributed by atoms with Crippen molar-refractivity contribution in [2.24, 2.45) is 5.92 Å². The molecule has 0 saturated heterocycles. The van der Waals surface area contributed by atoms with Crippen LogP contribution in [0.2, 0.25) is 0 Å². The minimum Gasteiger partial charge on any atom is -0.480 e. The fraction of sp³-hybridized carbons (Fsp3) is 0.800. The molecule has 2 amide bonds. The second kappa shape index (κ2) is 7.30. The van der Waals surface area contributed by atoms with Gasteiger partial charge in [-0.2, -0.15) is 5.26 Å². The van der Waals surface area contributed by atoms with Gasteiger partial charge in [-0.1, -0.05) is 19.8 Å². The first kappa shape index (κ1) is 17.3. The topological polar surface area (TPSA) is 93.4 Å². The number of hydrogen-bond donors (Lipinski definition) is 2. The summed E-state index contributed by atoms with van der Waals surface area (Å²) in [6, 6.07) is 1.54. The van der Waals surface area contributed by atoms with Crippen molar-refractivity contribution >= 4 is 12.0 Å². The Morgan fingerprint density at radius 1 is 1.52 bits per heavy atom. The number of carboxylic acids is 1. The van der Waals surface area contributed by atoms with E-state index in [1.54, 1.807) is 0 Å². The standard InChI is InChI=1S/C15H25N3O3/c1-11(2)18(9-5-8-16)14(21)17-15(13(19)20)7-4-6-12(3)10-15/h11-12H,4-7,9-10H2,1-3H3,(H,17,21)(H,19,20). The zero-order valence-corrected chi connectivity index (χ0v) is 13.1. The molecule has 118 valence electrons. The van der Waals surface area contributed by atoms with E-state index in [1.165, 1.54) is 4.90 Å². The third kappa shape index (κ3) is 4.35. The van der Waals surface area contributed by atoms with Crippen LogP contribution >= 0.6 is 0 Å². The van der Waals surface area contributed by atoms with Gasteiger partial charge >= 0.3 is 12.0 Å². The van der Waals surface area contributed by atoms with Crippen LogP contribution in [-0.2, 0) is 4.79 Å². The molecule has 2 unspecified atom stereocenters. The van der Waals surface area contributed by atoms with Gasteiger partial charge in [0, 0.05) is 12.6 Å². The zero-order chi connectivity index (χ0) is 16.0. The highest BCUT2D eigenvalue weighted by Crippen LogP contribution is 2.32. The molecule has 1 fully saturated rings. The van der Waals surface area contributed by atoms with Crippen molar-refractivity contribution in [1.82, 2.24) is 10.2 Å². The quantitative estimate of drug-likeness (QED) is 0.814.